The molecule has 0 saturated carbocycles. The molecule has 1 saturated heterocycles. The molecule has 0 radical (unpaired) electrons. The van der Waals surface area contributed by atoms with Crippen LogP contribution >= 0.6 is 0 Å². The highest BCUT2D eigenvalue weighted by Crippen LogP contribution is 2.21. The fraction of sp³-hybridized carbons (Fsp3) is 0.727. The van der Waals surface area contributed by atoms with Gasteiger partial charge in [-0.3, -0.25) is 9.59 Å². The largest absolute Gasteiger partial charge is 0.467 e. The minimum absolute atomic E-state index is 0.0457. The molecule has 0 unspecified atom stereocenters. The molecular formula is C22H36N2O4. The number of carbonyl (C=O) groups is 2. The van der Waals surface area contributed by atoms with Crippen LogP contribution in [0.4, 0.5) is 0 Å². The van der Waals surface area contributed by atoms with Crippen LogP contribution in [0.15, 0.2) is 22.8 Å². The summed E-state index contributed by atoms with van der Waals surface area (Å²) in [5.41, 5.74) is -0.101. The van der Waals surface area contributed by atoms with Gasteiger partial charge in [0.05, 0.1) is 25.5 Å². The Balaban J connectivity index is 2.06. The first kappa shape index (κ1) is 22.5. The van der Waals surface area contributed by atoms with Crippen molar-refractivity contribution in [2.45, 2.75) is 72.4 Å². The van der Waals surface area contributed by atoms with E-state index >= 15 is 0 Å². The van der Waals surface area contributed by atoms with Gasteiger partial charge in [-0.2, -0.15) is 0 Å². The first-order valence-corrected chi connectivity index (χ1v) is 10.5. The highest BCUT2D eigenvalue weighted by atomic mass is 16.5. The van der Waals surface area contributed by atoms with E-state index < -0.39 is 0 Å². The van der Waals surface area contributed by atoms with Crippen molar-refractivity contribution in [3.63, 3.8) is 0 Å². The lowest BCUT2D eigenvalue weighted by molar-refractivity contribution is -0.143. The van der Waals surface area contributed by atoms with Gasteiger partial charge < -0.3 is 19.0 Å². The summed E-state index contributed by atoms with van der Waals surface area (Å²) in [5, 5.41) is 0. The normalized spacial score (nSPS) is 16.9. The van der Waals surface area contributed by atoms with Crippen molar-refractivity contribution in [3.8, 4) is 0 Å². The van der Waals surface area contributed by atoms with Gasteiger partial charge in [-0.05, 0) is 36.8 Å². The second kappa shape index (κ2) is 10.6. The van der Waals surface area contributed by atoms with Crippen LogP contribution in [-0.2, 0) is 20.9 Å². The third-order valence-corrected chi connectivity index (χ3v) is 4.87. The number of carbonyl (C=O) groups excluding carboxylic acids is 2. The summed E-state index contributed by atoms with van der Waals surface area (Å²) in [6.45, 7) is 10.7. The van der Waals surface area contributed by atoms with E-state index in [1.54, 1.807) is 16.1 Å². The summed E-state index contributed by atoms with van der Waals surface area (Å²) >= 11 is 0. The molecule has 0 aliphatic carbocycles. The van der Waals surface area contributed by atoms with Crippen LogP contribution in [0.2, 0.25) is 0 Å². The van der Waals surface area contributed by atoms with Crippen LogP contribution in [-0.4, -0.2) is 54.0 Å². The topological polar surface area (TPSA) is 63.0 Å². The van der Waals surface area contributed by atoms with Crippen molar-refractivity contribution in [2.75, 3.05) is 26.2 Å². The van der Waals surface area contributed by atoms with Gasteiger partial charge >= 0.3 is 0 Å². The predicted octanol–water partition coefficient (Wildman–Crippen LogP) is 3.85. The van der Waals surface area contributed by atoms with Crippen LogP contribution < -0.4 is 0 Å². The molecule has 0 N–H and O–H groups in total. The zero-order valence-electron chi connectivity index (χ0n) is 17.9. The van der Waals surface area contributed by atoms with Gasteiger partial charge in [0.1, 0.15) is 5.76 Å². The van der Waals surface area contributed by atoms with E-state index in [0.717, 1.165) is 38.1 Å². The van der Waals surface area contributed by atoms with E-state index in [9.17, 15) is 9.59 Å². The third kappa shape index (κ3) is 7.66. The minimum atomic E-state index is -0.101. The predicted molar refractivity (Wildman–Crippen MR) is 109 cm³/mol. The second-order valence-electron chi connectivity index (χ2n) is 8.89. The number of hydrogen-bond acceptors (Lipinski definition) is 4. The van der Waals surface area contributed by atoms with Crippen molar-refractivity contribution in [1.29, 1.82) is 0 Å². The van der Waals surface area contributed by atoms with Crippen LogP contribution in [0.3, 0.4) is 0 Å². The van der Waals surface area contributed by atoms with Gasteiger partial charge in [-0.1, -0.05) is 34.1 Å². The van der Waals surface area contributed by atoms with E-state index in [0.29, 0.717) is 26.1 Å². The molecule has 0 aromatic carbocycles. The number of unbranched alkanes of at least 4 members (excludes halogenated alkanes) is 1. The molecule has 1 aliphatic rings. The van der Waals surface area contributed by atoms with E-state index in [1.165, 1.54) is 0 Å². The molecule has 2 rings (SSSR count). The molecule has 158 valence electrons. The van der Waals surface area contributed by atoms with Crippen molar-refractivity contribution in [1.82, 2.24) is 9.80 Å². The number of ether oxygens (including phenoxy) is 1. The molecule has 1 aliphatic heterocycles. The smallest absolute Gasteiger partial charge is 0.242 e. The number of hydrogen-bond donors (Lipinski definition) is 0. The molecule has 6 nitrogen and oxygen atoms in total. The lowest BCUT2D eigenvalue weighted by Crippen LogP contribution is -2.45. The summed E-state index contributed by atoms with van der Waals surface area (Å²) in [6.07, 6.45) is 5.99. The summed E-state index contributed by atoms with van der Waals surface area (Å²) in [5.74, 6) is 0.738. The van der Waals surface area contributed by atoms with Crippen LogP contribution in [0, 0.1) is 5.41 Å². The number of nitrogens with zero attached hydrogens (tertiary/aromatic N) is 2. The fourth-order valence-corrected chi connectivity index (χ4v) is 3.35. The zero-order chi connectivity index (χ0) is 20.6. The molecule has 28 heavy (non-hydrogen) atoms. The lowest BCUT2D eigenvalue weighted by atomic mass is 9.91. The molecule has 1 atom stereocenters. The average molecular weight is 393 g/mol. The number of furan rings is 1. The van der Waals surface area contributed by atoms with Gasteiger partial charge in [0.2, 0.25) is 11.8 Å². The summed E-state index contributed by atoms with van der Waals surface area (Å²) in [4.78, 5) is 29.4. The second-order valence-corrected chi connectivity index (χ2v) is 8.89. The van der Waals surface area contributed by atoms with Crippen LogP contribution in [0.25, 0.3) is 0 Å². The monoisotopic (exact) mass is 392 g/mol. The van der Waals surface area contributed by atoms with Gasteiger partial charge in [-0.25, -0.2) is 0 Å². The zero-order valence-corrected chi connectivity index (χ0v) is 17.9. The molecule has 2 amide bonds. The molecule has 0 bridgehead atoms. The SMILES string of the molecule is CCCCN(CC(=O)N(Cc1ccco1)C[C@H]1CCCO1)C(=O)CC(C)(C)C. The van der Waals surface area contributed by atoms with Crippen molar-refractivity contribution in [2.24, 2.45) is 5.41 Å². The Morgan fingerprint density at radius 1 is 1.21 bits per heavy atom. The Kier molecular flexibility index (Phi) is 8.55. The molecule has 2 heterocycles. The maximum absolute atomic E-state index is 13.1. The molecule has 1 aromatic rings. The van der Waals surface area contributed by atoms with Gasteiger partial charge in [0, 0.05) is 26.1 Å². The molecule has 1 aromatic heterocycles. The highest BCUT2D eigenvalue weighted by molar-refractivity contribution is 5.85. The van der Waals surface area contributed by atoms with Crippen molar-refractivity contribution >= 4 is 11.8 Å². The maximum atomic E-state index is 13.1. The highest BCUT2D eigenvalue weighted by Gasteiger charge is 2.27. The Morgan fingerprint density at radius 3 is 2.57 bits per heavy atom. The summed E-state index contributed by atoms with van der Waals surface area (Å²) in [6, 6.07) is 3.69. The number of rotatable bonds is 10. The van der Waals surface area contributed by atoms with Gasteiger partial charge in [0.25, 0.3) is 0 Å². The first-order chi connectivity index (χ1) is 13.3. The quantitative estimate of drug-likeness (QED) is 0.607. The maximum Gasteiger partial charge on any atom is 0.242 e. The van der Waals surface area contributed by atoms with Crippen LogP contribution in [0.1, 0.15) is 65.6 Å². The van der Waals surface area contributed by atoms with E-state index in [1.807, 2.05) is 32.9 Å². The first-order valence-electron chi connectivity index (χ1n) is 10.5. The Bertz CT molecular complexity index is 601. The minimum Gasteiger partial charge on any atom is -0.467 e. The standard InChI is InChI=1S/C22H36N2O4/c1-5-6-11-23(20(25)14-22(2,3)4)17-21(26)24(15-18-9-7-12-27-18)16-19-10-8-13-28-19/h7,9,12,19H,5-6,8,10-11,13-17H2,1-4H3/t19-/m1/s1. The average Bonchev–Trinajstić information content (AvgIpc) is 3.30. The van der Waals surface area contributed by atoms with E-state index in [4.69, 9.17) is 9.15 Å². The Hall–Kier alpha value is -1.82. The molecule has 1 fully saturated rings. The Morgan fingerprint density at radius 2 is 2.00 bits per heavy atom. The summed E-state index contributed by atoms with van der Waals surface area (Å²) < 4.78 is 11.2. The van der Waals surface area contributed by atoms with Gasteiger partial charge in [-0.15, -0.1) is 0 Å². The lowest BCUT2D eigenvalue weighted by Gasteiger charge is -2.30. The Labute approximate surface area is 169 Å². The van der Waals surface area contributed by atoms with Crippen LogP contribution in [0.5, 0.6) is 0 Å². The van der Waals surface area contributed by atoms with E-state index in [-0.39, 0.29) is 29.9 Å². The molecule has 0 spiro atoms. The molecular weight excluding hydrogens is 356 g/mol. The van der Waals surface area contributed by atoms with Crippen molar-refractivity contribution in [3.05, 3.63) is 24.2 Å². The summed E-state index contributed by atoms with van der Waals surface area (Å²) in [7, 11) is 0. The third-order valence-electron chi connectivity index (χ3n) is 4.87. The fourth-order valence-electron chi connectivity index (χ4n) is 3.35. The van der Waals surface area contributed by atoms with Crippen molar-refractivity contribution < 1.29 is 18.7 Å². The molecule has 6 heteroatoms. The number of amides is 2. The van der Waals surface area contributed by atoms with Gasteiger partial charge in [0.15, 0.2) is 0 Å². The van der Waals surface area contributed by atoms with E-state index in [2.05, 4.69) is 6.92 Å².